The van der Waals surface area contributed by atoms with Gasteiger partial charge in [0.25, 0.3) is 0 Å². The summed E-state index contributed by atoms with van der Waals surface area (Å²) in [5, 5.41) is 3.33. The maximum Gasteiger partial charge on any atom is 0.147 e. The molecule has 1 aromatic rings. The van der Waals surface area contributed by atoms with Crippen molar-refractivity contribution in [2.45, 2.75) is 18.6 Å². The van der Waals surface area contributed by atoms with Crippen LogP contribution in [0.1, 0.15) is 12.5 Å². The molecule has 1 aliphatic rings. The van der Waals surface area contributed by atoms with Gasteiger partial charge < -0.3 is 14.8 Å². The van der Waals surface area contributed by atoms with Crippen LogP contribution in [-0.4, -0.2) is 26.5 Å². The van der Waals surface area contributed by atoms with Gasteiger partial charge in [0.05, 0.1) is 0 Å². The van der Waals surface area contributed by atoms with Gasteiger partial charge in [0, 0.05) is 19.7 Å². The van der Waals surface area contributed by atoms with E-state index in [9.17, 15) is 0 Å². The first-order valence-electron chi connectivity index (χ1n) is 5.21. The van der Waals surface area contributed by atoms with Crippen LogP contribution in [0.15, 0.2) is 30.3 Å². The van der Waals surface area contributed by atoms with Crippen molar-refractivity contribution >= 4 is 0 Å². The number of rotatable bonds is 4. The van der Waals surface area contributed by atoms with E-state index in [0.717, 1.165) is 6.54 Å². The third-order valence-electron chi connectivity index (χ3n) is 3.07. The summed E-state index contributed by atoms with van der Waals surface area (Å²) < 4.78 is 10.8. The Balaban J connectivity index is 2.20. The van der Waals surface area contributed by atoms with Crippen LogP contribution in [0.25, 0.3) is 0 Å². The minimum absolute atomic E-state index is 0.211. The van der Waals surface area contributed by atoms with Crippen LogP contribution in [0.2, 0.25) is 0 Å². The van der Waals surface area contributed by atoms with E-state index in [4.69, 9.17) is 9.47 Å². The van der Waals surface area contributed by atoms with Crippen LogP contribution in [0, 0.1) is 0 Å². The minimum atomic E-state index is -0.211. The molecule has 1 fully saturated rings. The number of nitrogens with one attached hydrogen (secondary N) is 1. The number of ether oxygens (including phenoxy) is 2. The molecule has 1 saturated heterocycles. The monoisotopic (exact) mass is 207 g/mol. The third kappa shape index (κ3) is 1.78. The van der Waals surface area contributed by atoms with Crippen LogP contribution in [0.3, 0.4) is 0 Å². The first-order chi connectivity index (χ1) is 7.29. The van der Waals surface area contributed by atoms with E-state index >= 15 is 0 Å². The first kappa shape index (κ1) is 10.6. The summed E-state index contributed by atoms with van der Waals surface area (Å²) in [7, 11) is 1.65. The molecule has 1 heterocycles. The standard InChI is InChI=1S/C12H17NO2/c1-10-12(8-13-10,15-9-14-2)11-6-4-3-5-7-11/h3-7,10,13H,8-9H2,1-2H3. The van der Waals surface area contributed by atoms with Gasteiger partial charge in [-0.15, -0.1) is 0 Å². The highest BCUT2D eigenvalue weighted by Crippen LogP contribution is 2.35. The van der Waals surface area contributed by atoms with E-state index in [0.29, 0.717) is 12.8 Å². The molecule has 0 radical (unpaired) electrons. The lowest BCUT2D eigenvalue weighted by atomic mass is 9.80. The second-order valence-electron chi connectivity index (χ2n) is 3.91. The molecule has 0 saturated carbocycles. The normalized spacial score (nSPS) is 29.9. The van der Waals surface area contributed by atoms with Gasteiger partial charge in [-0.3, -0.25) is 0 Å². The van der Waals surface area contributed by atoms with E-state index < -0.39 is 0 Å². The second-order valence-corrected chi connectivity index (χ2v) is 3.91. The summed E-state index contributed by atoms with van der Waals surface area (Å²) in [6.45, 7) is 3.31. The van der Waals surface area contributed by atoms with Crippen molar-refractivity contribution in [1.29, 1.82) is 0 Å². The molecule has 2 rings (SSSR count). The second kappa shape index (κ2) is 4.31. The Morgan fingerprint density at radius 1 is 1.40 bits per heavy atom. The largest absolute Gasteiger partial charge is 0.359 e. The fourth-order valence-corrected chi connectivity index (χ4v) is 1.99. The zero-order valence-corrected chi connectivity index (χ0v) is 9.19. The maximum atomic E-state index is 5.83. The molecular weight excluding hydrogens is 190 g/mol. The van der Waals surface area contributed by atoms with Gasteiger partial charge in [-0.2, -0.15) is 0 Å². The highest BCUT2D eigenvalue weighted by Gasteiger charge is 2.46. The Morgan fingerprint density at radius 2 is 2.13 bits per heavy atom. The van der Waals surface area contributed by atoms with Gasteiger partial charge in [0.1, 0.15) is 12.4 Å². The smallest absolute Gasteiger partial charge is 0.147 e. The fourth-order valence-electron chi connectivity index (χ4n) is 1.99. The molecule has 2 unspecified atom stereocenters. The highest BCUT2D eigenvalue weighted by molar-refractivity contribution is 5.28. The van der Waals surface area contributed by atoms with E-state index in [1.165, 1.54) is 5.56 Å². The molecular formula is C12H17NO2. The van der Waals surface area contributed by atoms with Crippen molar-refractivity contribution in [1.82, 2.24) is 5.32 Å². The number of methoxy groups -OCH3 is 1. The molecule has 82 valence electrons. The lowest BCUT2D eigenvalue weighted by Crippen LogP contribution is -2.65. The molecule has 3 nitrogen and oxygen atoms in total. The zero-order chi connectivity index (χ0) is 10.7. The Kier molecular flexibility index (Phi) is 3.05. The Hall–Kier alpha value is -0.900. The van der Waals surface area contributed by atoms with Crippen LogP contribution < -0.4 is 5.32 Å². The molecule has 1 aliphatic heterocycles. The summed E-state index contributed by atoms with van der Waals surface area (Å²) in [5.74, 6) is 0. The van der Waals surface area contributed by atoms with E-state index in [2.05, 4.69) is 24.4 Å². The molecule has 15 heavy (non-hydrogen) atoms. The highest BCUT2D eigenvalue weighted by atomic mass is 16.7. The van der Waals surface area contributed by atoms with Crippen LogP contribution in [0.4, 0.5) is 0 Å². The molecule has 2 atom stereocenters. The predicted octanol–water partition coefficient (Wildman–Crippen LogP) is 1.49. The first-order valence-corrected chi connectivity index (χ1v) is 5.21. The molecule has 0 aliphatic carbocycles. The third-order valence-corrected chi connectivity index (χ3v) is 3.07. The predicted molar refractivity (Wildman–Crippen MR) is 58.5 cm³/mol. The van der Waals surface area contributed by atoms with Crippen molar-refractivity contribution in [3.8, 4) is 0 Å². The molecule has 0 bridgehead atoms. The Bertz CT molecular complexity index is 315. The minimum Gasteiger partial charge on any atom is -0.359 e. The van der Waals surface area contributed by atoms with Crippen LogP contribution >= 0.6 is 0 Å². The van der Waals surface area contributed by atoms with Gasteiger partial charge in [0.15, 0.2) is 0 Å². The lowest BCUT2D eigenvalue weighted by molar-refractivity contribution is -0.178. The fraction of sp³-hybridized carbons (Fsp3) is 0.500. The summed E-state index contributed by atoms with van der Waals surface area (Å²) in [4.78, 5) is 0. The van der Waals surface area contributed by atoms with Gasteiger partial charge >= 0.3 is 0 Å². The zero-order valence-electron chi connectivity index (χ0n) is 9.19. The molecule has 3 heteroatoms. The number of hydrogen-bond donors (Lipinski definition) is 1. The van der Waals surface area contributed by atoms with Gasteiger partial charge in [-0.1, -0.05) is 30.3 Å². The quantitative estimate of drug-likeness (QED) is 0.759. The Morgan fingerprint density at radius 3 is 2.60 bits per heavy atom. The van der Waals surface area contributed by atoms with Crippen molar-refractivity contribution in [2.75, 3.05) is 20.4 Å². The van der Waals surface area contributed by atoms with Gasteiger partial charge in [0.2, 0.25) is 0 Å². The summed E-state index contributed by atoms with van der Waals surface area (Å²) in [6, 6.07) is 10.6. The topological polar surface area (TPSA) is 30.5 Å². The molecule has 1 aromatic carbocycles. The van der Waals surface area contributed by atoms with E-state index in [1.54, 1.807) is 7.11 Å². The van der Waals surface area contributed by atoms with Crippen molar-refractivity contribution < 1.29 is 9.47 Å². The number of hydrogen-bond acceptors (Lipinski definition) is 3. The number of benzene rings is 1. The van der Waals surface area contributed by atoms with Gasteiger partial charge in [-0.05, 0) is 12.5 Å². The van der Waals surface area contributed by atoms with Crippen LogP contribution in [-0.2, 0) is 15.1 Å². The Labute approximate surface area is 90.4 Å². The SMILES string of the molecule is COCOC1(c2ccccc2)CNC1C. The lowest BCUT2D eigenvalue weighted by Gasteiger charge is -2.48. The van der Waals surface area contributed by atoms with Crippen molar-refractivity contribution in [3.63, 3.8) is 0 Å². The summed E-state index contributed by atoms with van der Waals surface area (Å²) in [6.07, 6.45) is 0. The van der Waals surface area contributed by atoms with E-state index in [1.807, 2.05) is 18.2 Å². The van der Waals surface area contributed by atoms with E-state index in [-0.39, 0.29) is 5.60 Å². The van der Waals surface area contributed by atoms with Gasteiger partial charge in [-0.25, -0.2) is 0 Å². The average Bonchev–Trinajstić information content (AvgIpc) is 2.29. The maximum absolute atomic E-state index is 5.83. The molecule has 0 aromatic heterocycles. The molecule has 0 spiro atoms. The summed E-state index contributed by atoms with van der Waals surface area (Å²) in [5.41, 5.74) is 1.00. The molecule has 0 amide bonds. The van der Waals surface area contributed by atoms with Crippen LogP contribution in [0.5, 0.6) is 0 Å². The molecule has 1 N–H and O–H groups in total. The summed E-state index contributed by atoms with van der Waals surface area (Å²) >= 11 is 0. The van der Waals surface area contributed by atoms with Crippen molar-refractivity contribution in [2.24, 2.45) is 0 Å². The average molecular weight is 207 g/mol. The van der Waals surface area contributed by atoms with Crippen molar-refractivity contribution in [3.05, 3.63) is 35.9 Å².